The average molecular weight is 770 g/mol. The van der Waals surface area contributed by atoms with Gasteiger partial charge in [-0.1, -0.05) is 72.8 Å². The fourth-order valence-electron chi connectivity index (χ4n) is 6.07. The van der Waals surface area contributed by atoms with Gasteiger partial charge in [0.25, 0.3) is 0 Å². The highest BCUT2D eigenvalue weighted by molar-refractivity contribution is 7.51. The van der Waals surface area contributed by atoms with Crippen LogP contribution in [0.2, 0.25) is 0 Å². The van der Waals surface area contributed by atoms with Crippen molar-refractivity contribution in [3.8, 4) is 11.8 Å². The van der Waals surface area contributed by atoms with Crippen molar-refractivity contribution in [2.75, 3.05) is 92.9 Å². The van der Waals surface area contributed by atoms with Crippen LogP contribution in [0.5, 0.6) is 5.75 Å². The molecule has 0 bridgehead atoms. The summed E-state index contributed by atoms with van der Waals surface area (Å²) in [5.41, 5.74) is 2.79. The molecule has 3 aromatic rings. The van der Waals surface area contributed by atoms with E-state index in [9.17, 15) is 4.57 Å². The zero-order chi connectivity index (χ0) is 38.9. The quantitative estimate of drug-likeness (QED) is 0.0433. The highest BCUT2D eigenvalue weighted by atomic mass is 31.2. The molecule has 298 valence electrons. The number of hydrogen-bond donors (Lipinski definition) is 1. The van der Waals surface area contributed by atoms with Gasteiger partial charge in [0.1, 0.15) is 5.75 Å². The van der Waals surface area contributed by atoms with Gasteiger partial charge in [-0.15, -0.1) is 0 Å². The van der Waals surface area contributed by atoms with E-state index in [1.54, 1.807) is 11.8 Å². The lowest BCUT2D eigenvalue weighted by Gasteiger charge is -2.37. The third-order valence-corrected chi connectivity index (χ3v) is 10.9. The topological polar surface area (TPSA) is 130 Å². The van der Waals surface area contributed by atoms with Crippen LogP contribution in [0.1, 0.15) is 50.8 Å². The predicted octanol–water partition coefficient (Wildman–Crippen LogP) is 6.83. The van der Waals surface area contributed by atoms with Crippen molar-refractivity contribution in [3.05, 3.63) is 102 Å². The summed E-state index contributed by atoms with van der Waals surface area (Å²) < 4.78 is 60.2. The largest absolute Gasteiger partial charge is 0.497 e. The molecule has 0 spiro atoms. The first-order chi connectivity index (χ1) is 26.3. The second kappa shape index (κ2) is 25.8. The molecule has 3 rings (SSSR count). The molecule has 54 heavy (non-hydrogen) atoms. The van der Waals surface area contributed by atoms with Crippen molar-refractivity contribution in [1.29, 1.82) is 5.26 Å². The third-order valence-electron chi connectivity index (χ3n) is 8.35. The molecule has 0 saturated carbocycles. The van der Waals surface area contributed by atoms with Crippen LogP contribution in [0.3, 0.4) is 0 Å². The highest BCUT2D eigenvalue weighted by Gasteiger charge is 2.38. The van der Waals surface area contributed by atoms with E-state index >= 15 is 0 Å². The average Bonchev–Trinajstić information content (AvgIpc) is 3.18. The highest BCUT2D eigenvalue weighted by Crippen LogP contribution is 2.54. The van der Waals surface area contributed by atoms with E-state index in [2.05, 4.69) is 66.0 Å². The van der Waals surface area contributed by atoms with Gasteiger partial charge < -0.3 is 28.4 Å². The second-order valence-corrected chi connectivity index (χ2v) is 14.7. The molecule has 13 heteroatoms. The minimum Gasteiger partial charge on any atom is -0.497 e. The van der Waals surface area contributed by atoms with Crippen molar-refractivity contribution in [3.63, 3.8) is 0 Å². The summed E-state index contributed by atoms with van der Waals surface area (Å²) in [6.07, 6.45) is 0.134. The number of nitriles is 1. The fraction of sp³-hybridized carbons (Fsp3) is 0.537. The molecule has 0 heterocycles. The molecule has 0 aliphatic heterocycles. The number of benzene rings is 3. The Morgan fingerprint density at radius 2 is 1.02 bits per heavy atom. The van der Waals surface area contributed by atoms with Gasteiger partial charge in [0.15, 0.2) is 0 Å². The van der Waals surface area contributed by atoms with Crippen molar-refractivity contribution >= 4 is 7.75 Å². The normalized spacial score (nSPS) is 13.0. The van der Waals surface area contributed by atoms with Crippen LogP contribution in [0.25, 0.3) is 0 Å². The Morgan fingerprint density at radius 3 is 1.44 bits per heavy atom. The second-order valence-electron chi connectivity index (χ2n) is 12.8. The van der Waals surface area contributed by atoms with Crippen LogP contribution in [0.15, 0.2) is 84.9 Å². The molecule has 1 N–H and O–H groups in total. The van der Waals surface area contributed by atoms with Crippen LogP contribution in [0.4, 0.5) is 0 Å². The Morgan fingerprint density at radius 1 is 0.611 bits per heavy atom. The number of rotatable bonds is 30. The Balaban J connectivity index is 1.26. The summed E-state index contributed by atoms with van der Waals surface area (Å²) in [7, 11) is -1.89. The maximum Gasteiger partial charge on any atom is 0.408 e. The zero-order valence-electron chi connectivity index (χ0n) is 32.7. The van der Waals surface area contributed by atoms with Gasteiger partial charge in [0, 0.05) is 18.6 Å². The Kier molecular flexibility index (Phi) is 21.6. The van der Waals surface area contributed by atoms with Crippen molar-refractivity contribution < 1.29 is 42.0 Å². The van der Waals surface area contributed by atoms with Gasteiger partial charge in [0.05, 0.1) is 104 Å². The maximum atomic E-state index is 13.5. The molecule has 0 aliphatic rings. The van der Waals surface area contributed by atoms with Crippen LogP contribution in [0, 0.1) is 11.3 Å². The van der Waals surface area contributed by atoms with Gasteiger partial charge in [-0.3, -0.25) is 14.4 Å². The standard InChI is InChI=1S/C41H60N3O9P/c1-35(2)44(36(3)4)54(45,52-23-12-21-42)53-34-33-51-32-31-50-30-29-49-28-27-48-26-25-47-24-22-43-41(37-13-8-6-9-14-37,38-15-10-7-11-16-38)39-17-19-40(46-5)20-18-39/h6-11,13-20,35-36,43H,12,22-34H2,1-5H3. The predicted molar refractivity (Wildman–Crippen MR) is 210 cm³/mol. The molecule has 1 unspecified atom stereocenters. The molecule has 12 nitrogen and oxygen atoms in total. The molecular formula is C41H60N3O9P. The lowest BCUT2D eigenvalue weighted by molar-refractivity contribution is -0.0134. The van der Waals surface area contributed by atoms with E-state index in [-0.39, 0.29) is 38.3 Å². The summed E-state index contributed by atoms with van der Waals surface area (Å²) in [5, 5.41) is 12.7. The molecule has 0 aliphatic carbocycles. The summed E-state index contributed by atoms with van der Waals surface area (Å²) >= 11 is 0. The first kappa shape index (κ1) is 45.2. The number of hydrogen-bond acceptors (Lipinski definition) is 11. The number of nitrogens with one attached hydrogen (secondary N) is 1. The molecule has 3 aromatic carbocycles. The fourth-order valence-corrected chi connectivity index (χ4v) is 8.17. The van der Waals surface area contributed by atoms with Gasteiger partial charge in [0.2, 0.25) is 0 Å². The van der Waals surface area contributed by atoms with E-state index in [4.69, 9.17) is 42.7 Å². The first-order valence-corrected chi connectivity index (χ1v) is 20.2. The van der Waals surface area contributed by atoms with Crippen LogP contribution < -0.4 is 10.1 Å². The van der Waals surface area contributed by atoms with Gasteiger partial charge >= 0.3 is 7.75 Å². The zero-order valence-corrected chi connectivity index (χ0v) is 33.5. The number of nitrogens with zero attached hydrogens (tertiary/aromatic N) is 2. The minimum absolute atomic E-state index is 0.0401. The monoisotopic (exact) mass is 769 g/mol. The summed E-state index contributed by atoms with van der Waals surface area (Å²) in [4.78, 5) is 0. The van der Waals surface area contributed by atoms with Crippen molar-refractivity contribution in [1.82, 2.24) is 9.99 Å². The van der Waals surface area contributed by atoms with E-state index < -0.39 is 13.3 Å². The summed E-state index contributed by atoms with van der Waals surface area (Å²) in [6.45, 7) is 12.7. The molecule has 0 fully saturated rings. The molecule has 1 atom stereocenters. The van der Waals surface area contributed by atoms with Crippen LogP contribution in [-0.4, -0.2) is 110 Å². The third kappa shape index (κ3) is 14.8. The van der Waals surface area contributed by atoms with Gasteiger partial charge in [-0.25, -0.2) is 9.24 Å². The number of methoxy groups -OCH3 is 1. The molecule has 0 saturated heterocycles. The summed E-state index contributed by atoms with van der Waals surface area (Å²) in [5.74, 6) is 0.809. The Bertz CT molecular complexity index is 1440. The SMILES string of the molecule is COc1ccc(C(NCCOCCOCCOCCOCCOCCOP(=O)(OCCC#N)N(C(C)C)C(C)C)(c2ccccc2)c2ccccc2)cc1. The van der Waals surface area contributed by atoms with Gasteiger partial charge in [-0.2, -0.15) is 5.26 Å². The molecule has 0 aromatic heterocycles. The molecule has 0 radical (unpaired) electrons. The van der Waals surface area contributed by atoms with E-state index in [1.807, 2.05) is 58.0 Å². The van der Waals surface area contributed by atoms with Crippen LogP contribution >= 0.6 is 7.75 Å². The van der Waals surface area contributed by atoms with Crippen molar-refractivity contribution in [2.24, 2.45) is 0 Å². The molecule has 0 amide bonds. The minimum atomic E-state index is -3.57. The summed E-state index contributed by atoms with van der Waals surface area (Å²) in [6, 6.07) is 31.0. The molecular weight excluding hydrogens is 709 g/mol. The van der Waals surface area contributed by atoms with Crippen LogP contribution in [-0.2, 0) is 42.8 Å². The maximum absolute atomic E-state index is 13.5. The lowest BCUT2D eigenvalue weighted by atomic mass is 9.77. The van der Waals surface area contributed by atoms with E-state index in [1.165, 1.54) is 0 Å². The Hall–Kier alpha value is -3.18. The van der Waals surface area contributed by atoms with Crippen molar-refractivity contribution in [2.45, 2.75) is 51.7 Å². The lowest BCUT2D eigenvalue weighted by Crippen LogP contribution is -2.46. The van der Waals surface area contributed by atoms with E-state index in [0.717, 1.165) is 22.4 Å². The smallest absolute Gasteiger partial charge is 0.408 e. The van der Waals surface area contributed by atoms with E-state index in [0.29, 0.717) is 66.0 Å². The Labute approximate surface area is 322 Å². The number of ether oxygens (including phenoxy) is 6. The van der Waals surface area contributed by atoms with Gasteiger partial charge in [-0.05, 0) is 56.5 Å². The first-order valence-electron chi connectivity index (χ1n) is 18.7.